The Morgan fingerprint density at radius 1 is 1.42 bits per heavy atom. The van der Waals surface area contributed by atoms with Gasteiger partial charge in [-0.25, -0.2) is 0 Å². The molecule has 106 valence electrons. The zero-order valence-corrected chi connectivity index (χ0v) is 13.0. The van der Waals surface area contributed by atoms with Crippen LogP contribution in [0.5, 0.6) is 5.75 Å². The molecule has 0 saturated carbocycles. The number of methoxy groups -OCH3 is 1. The van der Waals surface area contributed by atoms with Crippen LogP contribution in [0.3, 0.4) is 0 Å². The molecule has 1 saturated heterocycles. The van der Waals surface area contributed by atoms with E-state index in [4.69, 9.17) is 4.74 Å². The predicted octanol–water partition coefficient (Wildman–Crippen LogP) is 3.19. The lowest BCUT2D eigenvalue weighted by atomic mass is 9.98. The van der Waals surface area contributed by atoms with Crippen LogP contribution in [0.15, 0.2) is 22.7 Å². The fourth-order valence-corrected chi connectivity index (χ4v) is 3.24. The van der Waals surface area contributed by atoms with Crippen molar-refractivity contribution < 1.29 is 9.84 Å². The Kier molecular flexibility index (Phi) is 5.67. The maximum atomic E-state index is 9.19. The number of ether oxygens (including phenoxy) is 1. The number of aliphatic hydroxyl groups excluding tert-OH is 1. The minimum Gasteiger partial charge on any atom is -0.496 e. The average molecular weight is 328 g/mol. The number of likely N-dealkylation sites (tertiary alicyclic amines) is 1. The van der Waals surface area contributed by atoms with E-state index in [-0.39, 0.29) is 6.61 Å². The molecule has 3 nitrogen and oxygen atoms in total. The number of aliphatic hydroxyl groups is 1. The maximum Gasteiger partial charge on any atom is 0.123 e. The van der Waals surface area contributed by atoms with Crippen molar-refractivity contribution in [2.75, 3.05) is 20.3 Å². The van der Waals surface area contributed by atoms with E-state index in [1.165, 1.54) is 24.8 Å². The van der Waals surface area contributed by atoms with Gasteiger partial charge in [-0.1, -0.05) is 22.4 Å². The highest BCUT2D eigenvalue weighted by Gasteiger charge is 2.22. The van der Waals surface area contributed by atoms with Gasteiger partial charge in [-0.05, 0) is 44.0 Å². The second-order valence-electron chi connectivity index (χ2n) is 5.09. The molecule has 1 unspecified atom stereocenters. The Labute approximate surface area is 123 Å². The van der Waals surface area contributed by atoms with Gasteiger partial charge in [0.1, 0.15) is 5.75 Å². The molecule has 1 aliphatic rings. The maximum absolute atomic E-state index is 9.19. The Bertz CT molecular complexity index is 409. The van der Waals surface area contributed by atoms with E-state index in [1.807, 2.05) is 12.1 Å². The molecular formula is C15H22BrNO2. The van der Waals surface area contributed by atoms with E-state index in [9.17, 15) is 5.11 Å². The third-order valence-corrected chi connectivity index (χ3v) is 4.32. The monoisotopic (exact) mass is 327 g/mol. The minimum absolute atomic E-state index is 0.275. The molecule has 1 atom stereocenters. The van der Waals surface area contributed by atoms with Crippen LogP contribution in [0, 0.1) is 0 Å². The molecule has 1 heterocycles. The molecule has 4 heteroatoms. The largest absolute Gasteiger partial charge is 0.496 e. The fraction of sp³-hybridized carbons (Fsp3) is 0.600. The molecule has 1 aromatic rings. The minimum atomic E-state index is 0.275. The number of halogens is 1. The number of nitrogens with zero attached hydrogens (tertiary/aromatic N) is 1. The lowest BCUT2D eigenvalue weighted by Crippen LogP contribution is -2.39. The molecule has 0 aliphatic carbocycles. The summed E-state index contributed by atoms with van der Waals surface area (Å²) in [6.45, 7) is 2.28. The number of piperidine rings is 1. The molecule has 1 aromatic carbocycles. The molecule has 2 rings (SSSR count). The van der Waals surface area contributed by atoms with Crippen LogP contribution in [-0.2, 0) is 6.54 Å². The SMILES string of the molecule is COc1ccc(Br)cc1CN1CCCCC1CCO. The zero-order valence-electron chi connectivity index (χ0n) is 11.4. The van der Waals surface area contributed by atoms with Gasteiger partial charge in [-0.15, -0.1) is 0 Å². The van der Waals surface area contributed by atoms with E-state index >= 15 is 0 Å². The summed E-state index contributed by atoms with van der Waals surface area (Å²) >= 11 is 3.52. The fourth-order valence-electron chi connectivity index (χ4n) is 2.83. The second kappa shape index (κ2) is 7.27. The molecular weight excluding hydrogens is 306 g/mol. The highest BCUT2D eigenvalue weighted by Crippen LogP contribution is 2.28. The number of benzene rings is 1. The zero-order chi connectivity index (χ0) is 13.7. The van der Waals surface area contributed by atoms with Crippen LogP contribution in [0.2, 0.25) is 0 Å². The Balaban J connectivity index is 2.11. The Morgan fingerprint density at radius 3 is 3.00 bits per heavy atom. The normalized spacial score (nSPS) is 20.5. The van der Waals surface area contributed by atoms with Crippen molar-refractivity contribution in [3.63, 3.8) is 0 Å². The van der Waals surface area contributed by atoms with Crippen LogP contribution < -0.4 is 4.74 Å². The van der Waals surface area contributed by atoms with Crippen LogP contribution >= 0.6 is 15.9 Å². The first-order valence-corrected chi connectivity index (χ1v) is 7.71. The van der Waals surface area contributed by atoms with Crippen LogP contribution in [0.4, 0.5) is 0 Å². The third-order valence-electron chi connectivity index (χ3n) is 3.83. The van der Waals surface area contributed by atoms with Crippen LogP contribution in [0.1, 0.15) is 31.2 Å². The van der Waals surface area contributed by atoms with E-state index in [0.29, 0.717) is 6.04 Å². The van der Waals surface area contributed by atoms with Crippen molar-refractivity contribution in [1.29, 1.82) is 0 Å². The Morgan fingerprint density at radius 2 is 2.26 bits per heavy atom. The molecule has 19 heavy (non-hydrogen) atoms. The molecule has 0 bridgehead atoms. The van der Waals surface area contributed by atoms with Crippen LogP contribution in [-0.4, -0.2) is 36.3 Å². The summed E-state index contributed by atoms with van der Waals surface area (Å²) in [5.41, 5.74) is 1.21. The highest BCUT2D eigenvalue weighted by atomic mass is 79.9. The first-order valence-electron chi connectivity index (χ1n) is 6.92. The Hall–Kier alpha value is -0.580. The van der Waals surface area contributed by atoms with E-state index in [1.54, 1.807) is 7.11 Å². The molecule has 0 radical (unpaired) electrons. The van der Waals surface area contributed by atoms with Gasteiger partial charge in [0.15, 0.2) is 0 Å². The predicted molar refractivity (Wildman–Crippen MR) is 80.4 cm³/mol. The molecule has 1 aliphatic heterocycles. The average Bonchev–Trinajstić information content (AvgIpc) is 2.42. The van der Waals surface area contributed by atoms with Crippen molar-refractivity contribution in [3.05, 3.63) is 28.2 Å². The van der Waals surface area contributed by atoms with Crippen molar-refractivity contribution in [2.45, 2.75) is 38.3 Å². The second-order valence-corrected chi connectivity index (χ2v) is 6.00. The summed E-state index contributed by atoms with van der Waals surface area (Å²) in [5, 5.41) is 9.19. The lowest BCUT2D eigenvalue weighted by Gasteiger charge is -2.35. The summed E-state index contributed by atoms with van der Waals surface area (Å²) in [6, 6.07) is 6.64. The van der Waals surface area contributed by atoms with Gasteiger partial charge >= 0.3 is 0 Å². The van der Waals surface area contributed by atoms with Gasteiger partial charge in [0.05, 0.1) is 7.11 Å². The van der Waals surface area contributed by atoms with Gasteiger partial charge in [-0.2, -0.15) is 0 Å². The summed E-state index contributed by atoms with van der Waals surface area (Å²) < 4.78 is 6.52. The molecule has 0 amide bonds. The first kappa shape index (κ1) is 14.8. The standard InChI is InChI=1S/C15H22BrNO2/c1-19-15-6-5-13(16)10-12(15)11-17-8-3-2-4-14(17)7-9-18/h5-6,10,14,18H,2-4,7-9,11H2,1H3. The first-order chi connectivity index (χ1) is 9.24. The number of hydrogen-bond acceptors (Lipinski definition) is 3. The van der Waals surface area contributed by atoms with Gasteiger partial charge < -0.3 is 9.84 Å². The molecule has 1 fully saturated rings. The van der Waals surface area contributed by atoms with Gasteiger partial charge in [0.2, 0.25) is 0 Å². The molecule has 0 spiro atoms. The van der Waals surface area contributed by atoms with Gasteiger partial charge in [0.25, 0.3) is 0 Å². The van der Waals surface area contributed by atoms with Gasteiger partial charge in [-0.3, -0.25) is 4.90 Å². The quantitative estimate of drug-likeness (QED) is 0.901. The molecule has 0 aromatic heterocycles. The number of rotatable bonds is 5. The van der Waals surface area contributed by atoms with Crippen molar-refractivity contribution in [2.24, 2.45) is 0 Å². The lowest BCUT2D eigenvalue weighted by molar-refractivity contribution is 0.111. The van der Waals surface area contributed by atoms with E-state index in [0.717, 1.165) is 29.7 Å². The van der Waals surface area contributed by atoms with Crippen LogP contribution in [0.25, 0.3) is 0 Å². The molecule has 1 N–H and O–H groups in total. The van der Waals surface area contributed by atoms with Crippen molar-refractivity contribution in [3.8, 4) is 5.75 Å². The highest BCUT2D eigenvalue weighted by molar-refractivity contribution is 9.10. The summed E-state index contributed by atoms with van der Waals surface area (Å²) in [7, 11) is 1.72. The van der Waals surface area contributed by atoms with E-state index in [2.05, 4.69) is 26.9 Å². The van der Waals surface area contributed by atoms with Crippen molar-refractivity contribution >= 4 is 15.9 Å². The summed E-state index contributed by atoms with van der Waals surface area (Å²) in [4.78, 5) is 2.48. The smallest absolute Gasteiger partial charge is 0.123 e. The van der Waals surface area contributed by atoms with E-state index < -0.39 is 0 Å². The third kappa shape index (κ3) is 3.94. The van der Waals surface area contributed by atoms with Crippen molar-refractivity contribution in [1.82, 2.24) is 4.90 Å². The summed E-state index contributed by atoms with van der Waals surface area (Å²) in [5.74, 6) is 0.941. The number of hydrogen-bond donors (Lipinski definition) is 1. The van der Waals surface area contributed by atoms with Gasteiger partial charge in [0, 0.05) is 29.2 Å². The summed E-state index contributed by atoms with van der Waals surface area (Å²) in [6.07, 6.45) is 4.59. The topological polar surface area (TPSA) is 32.7 Å².